The van der Waals surface area contributed by atoms with Gasteiger partial charge < -0.3 is 4.98 Å². The summed E-state index contributed by atoms with van der Waals surface area (Å²) >= 11 is 0. The third-order valence-electron chi connectivity index (χ3n) is 2.56. The van der Waals surface area contributed by atoms with Crippen LogP contribution in [0.2, 0.25) is 0 Å². The normalized spacial score (nSPS) is 10.7. The third kappa shape index (κ3) is 1.84. The molecule has 0 bridgehead atoms. The van der Waals surface area contributed by atoms with Gasteiger partial charge >= 0.3 is 0 Å². The van der Waals surface area contributed by atoms with E-state index in [4.69, 9.17) is 0 Å². The number of H-pyrrole nitrogens is 2. The molecule has 0 spiro atoms. The number of rotatable bonds is 2. The van der Waals surface area contributed by atoms with Gasteiger partial charge in [-0.15, -0.1) is 0 Å². The smallest absolute Gasteiger partial charge is 0.278 e. The summed E-state index contributed by atoms with van der Waals surface area (Å²) in [6.45, 7) is 1.84. The molecule has 0 aliphatic heterocycles. The topological polar surface area (TPSA) is 86.5 Å². The summed E-state index contributed by atoms with van der Waals surface area (Å²) in [5.41, 5.74) is 2.87. The first-order valence-electron chi connectivity index (χ1n) is 5.50. The summed E-state index contributed by atoms with van der Waals surface area (Å²) in [4.78, 5) is 19.1. The van der Waals surface area contributed by atoms with E-state index in [1.54, 1.807) is 6.07 Å². The number of imidazole rings is 1. The van der Waals surface area contributed by atoms with Crippen molar-refractivity contribution in [2.45, 2.75) is 6.92 Å². The number of anilines is 1. The minimum absolute atomic E-state index is 0.293. The van der Waals surface area contributed by atoms with Crippen LogP contribution in [-0.4, -0.2) is 26.1 Å². The fourth-order valence-electron chi connectivity index (χ4n) is 1.72. The van der Waals surface area contributed by atoms with Crippen LogP contribution in [0.3, 0.4) is 0 Å². The number of nitrogens with one attached hydrogen (secondary N) is 3. The Hall–Kier alpha value is -2.63. The summed E-state index contributed by atoms with van der Waals surface area (Å²) in [6, 6.07) is 9.25. The number of para-hydroxylation sites is 2. The summed E-state index contributed by atoms with van der Waals surface area (Å²) in [5.74, 6) is 0.125. The van der Waals surface area contributed by atoms with Gasteiger partial charge in [0.1, 0.15) is 0 Å². The Kier molecular flexibility index (Phi) is 2.33. The van der Waals surface area contributed by atoms with Crippen molar-refractivity contribution in [1.29, 1.82) is 0 Å². The molecule has 0 aliphatic rings. The molecule has 18 heavy (non-hydrogen) atoms. The highest BCUT2D eigenvalue weighted by atomic mass is 16.2. The number of amides is 1. The van der Waals surface area contributed by atoms with Gasteiger partial charge in [-0.05, 0) is 25.1 Å². The van der Waals surface area contributed by atoms with Gasteiger partial charge in [0.15, 0.2) is 5.69 Å². The lowest BCUT2D eigenvalue weighted by atomic mass is 10.3. The average Bonchev–Trinajstić information content (AvgIpc) is 2.94. The van der Waals surface area contributed by atoms with Gasteiger partial charge in [0.2, 0.25) is 5.95 Å². The van der Waals surface area contributed by atoms with Crippen molar-refractivity contribution >= 4 is 22.9 Å². The van der Waals surface area contributed by atoms with Crippen LogP contribution in [0.1, 0.15) is 16.2 Å². The Morgan fingerprint density at radius 3 is 2.89 bits per heavy atom. The van der Waals surface area contributed by atoms with Crippen LogP contribution in [0.5, 0.6) is 0 Å². The average molecular weight is 241 g/mol. The van der Waals surface area contributed by atoms with E-state index in [0.29, 0.717) is 11.6 Å². The third-order valence-corrected chi connectivity index (χ3v) is 2.56. The number of carbonyl (C=O) groups excluding carboxylic acids is 1. The van der Waals surface area contributed by atoms with Gasteiger partial charge in [0, 0.05) is 5.69 Å². The molecule has 3 rings (SSSR count). The molecule has 0 saturated heterocycles. The molecule has 0 saturated carbocycles. The van der Waals surface area contributed by atoms with Gasteiger partial charge in [0.25, 0.3) is 5.91 Å². The standard InChI is InChI=1S/C12H11N5O/c1-7-6-10(17-16-7)11(18)15-12-13-8-4-2-3-5-9(8)14-12/h2-6H,1H3,(H,16,17)(H2,13,14,15,18). The summed E-state index contributed by atoms with van der Waals surface area (Å²) in [7, 11) is 0. The fraction of sp³-hybridized carbons (Fsp3) is 0.0833. The zero-order chi connectivity index (χ0) is 12.5. The quantitative estimate of drug-likeness (QED) is 0.639. The summed E-state index contributed by atoms with van der Waals surface area (Å²) in [6.07, 6.45) is 0. The number of hydrogen-bond donors (Lipinski definition) is 3. The molecule has 0 unspecified atom stereocenters. The van der Waals surface area contributed by atoms with Crippen LogP contribution in [0, 0.1) is 6.92 Å². The Morgan fingerprint density at radius 1 is 1.33 bits per heavy atom. The Bertz CT molecular complexity index is 679. The minimum Gasteiger partial charge on any atom is -0.324 e. The molecule has 90 valence electrons. The van der Waals surface area contributed by atoms with E-state index in [-0.39, 0.29) is 5.91 Å². The van der Waals surface area contributed by atoms with Crippen molar-refractivity contribution < 1.29 is 4.79 Å². The number of aryl methyl sites for hydroxylation is 1. The molecule has 0 aliphatic carbocycles. The van der Waals surface area contributed by atoms with Gasteiger partial charge in [-0.3, -0.25) is 15.2 Å². The minimum atomic E-state index is -0.293. The molecule has 3 N–H and O–H groups in total. The van der Waals surface area contributed by atoms with Crippen LogP contribution in [0.15, 0.2) is 30.3 Å². The molecule has 6 heteroatoms. The highest BCUT2D eigenvalue weighted by molar-refractivity contribution is 6.02. The van der Waals surface area contributed by atoms with Gasteiger partial charge in [-0.25, -0.2) is 4.98 Å². The summed E-state index contributed by atoms with van der Waals surface area (Å²) in [5, 5.41) is 9.28. The number of carbonyl (C=O) groups is 1. The largest absolute Gasteiger partial charge is 0.324 e. The monoisotopic (exact) mass is 241 g/mol. The molecule has 3 aromatic rings. The van der Waals surface area contributed by atoms with Crippen LogP contribution < -0.4 is 5.32 Å². The first-order valence-corrected chi connectivity index (χ1v) is 5.50. The number of hydrogen-bond acceptors (Lipinski definition) is 3. The van der Waals surface area contributed by atoms with E-state index in [2.05, 4.69) is 25.5 Å². The zero-order valence-corrected chi connectivity index (χ0v) is 9.69. The van der Waals surface area contributed by atoms with Crippen LogP contribution in [0.25, 0.3) is 11.0 Å². The zero-order valence-electron chi connectivity index (χ0n) is 9.69. The lowest BCUT2D eigenvalue weighted by Crippen LogP contribution is -2.13. The van der Waals surface area contributed by atoms with Crippen LogP contribution in [0.4, 0.5) is 5.95 Å². The Morgan fingerprint density at radius 2 is 2.17 bits per heavy atom. The van der Waals surface area contributed by atoms with Crippen molar-refractivity contribution in [1.82, 2.24) is 20.2 Å². The van der Waals surface area contributed by atoms with E-state index in [0.717, 1.165) is 16.7 Å². The van der Waals surface area contributed by atoms with E-state index in [1.165, 1.54) is 0 Å². The second kappa shape index (κ2) is 3.99. The van der Waals surface area contributed by atoms with Crippen LogP contribution >= 0.6 is 0 Å². The number of nitrogens with zero attached hydrogens (tertiary/aromatic N) is 2. The second-order valence-corrected chi connectivity index (χ2v) is 3.99. The molecular formula is C12H11N5O. The first kappa shape index (κ1) is 10.5. The van der Waals surface area contributed by atoms with Crippen molar-refractivity contribution in [2.24, 2.45) is 0 Å². The molecule has 2 aromatic heterocycles. The van der Waals surface area contributed by atoms with E-state index in [9.17, 15) is 4.79 Å². The van der Waals surface area contributed by atoms with E-state index in [1.807, 2.05) is 31.2 Å². The molecular weight excluding hydrogens is 230 g/mol. The number of aromatic nitrogens is 4. The van der Waals surface area contributed by atoms with Gasteiger partial charge in [0.05, 0.1) is 11.0 Å². The van der Waals surface area contributed by atoms with Crippen molar-refractivity contribution in [3.05, 3.63) is 41.7 Å². The fourth-order valence-corrected chi connectivity index (χ4v) is 1.72. The van der Waals surface area contributed by atoms with Crippen molar-refractivity contribution in [3.63, 3.8) is 0 Å². The first-order chi connectivity index (χ1) is 8.72. The molecule has 0 fully saturated rings. The van der Waals surface area contributed by atoms with Crippen LogP contribution in [-0.2, 0) is 0 Å². The molecule has 0 radical (unpaired) electrons. The maximum absolute atomic E-state index is 11.9. The molecule has 0 atom stereocenters. The Balaban J connectivity index is 1.86. The predicted octanol–water partition coefficient (Wildman–Crippen LogP) is 1.85. The number of aromatic amines is 2. The predicted molar refractivity (Wildman–Crippen MR) is 67.4 cm³/mol. The molecule has 6 nitrogen and oxygen atoms in total. The van der Waals surface area contributed by atoms with E-state index < -0.39 is 0 Å². The SMILES string of the molecule is Cc1cc(C(=O)Nc2nc3ccccc3[nH]2)n[nH]1. The second-order valence-electron chi connectivity index (χ2n) is 3.99. The number of fused-ring (bicyclic) bond motifs is 1. The highest BCUT2D eigenvalue weighted by Gasteiger charge is 2.11. The molecule has 1 amide bonds. The van der Waals surface area contributed by atoms with Gasteiger partial charge in [-0.1, -0.05) is 12.1 Å². The maximum Gasteiger partial charge on any atom is 0.278 e. The molecule has 2 heterocycles. The Labute approximate surface area is 102 Å². The van der Waals surface area contributed by atoms with Crippen molar-refractivity contribution in [3.8, 4) is 0 Å². The molecule has 1 aromatic carbocycles. The highest BCUT2D eigenvalue weighted by Crippen LogP contribution is 2.13. The lowest BCUT2D eigenvalue weighted by Gasteiger charge is -1.96. The number of benzene rings is 1. The lowest BCUT2D eigenvalue weighted by molar-refractivity contribution is 0.102. The maximum atomic E-state index is 11.9. The van der Waals surface area contributed by atoms with E-state index >= 15 is 0 Å². The summed E-state index contributed by atoms with van der Waals surface area (Å²) < 4.78 is 0. The van der Waals surface area contributed by atoms with Crippen molar-refractivity contribution in [2.75, 3.05) is 5.32 Å². The van der Waals surface area contributed by atoms with Gasteiger partial charge in [-0.2, -0.15) is 5.10 Å².